The van der Waals surface area contributed by atoms with Crippen LogP contribution in [0.25, 0.3) is 0 Å². The fourth-order valence-corrected chi connectivity index (χ4v) is 3.33. The summed E-state index contributed by atoms with van der Waals surface area (Å²) in [6.07, 6.45) is 0.761. The van der Waals surface area contributed by atoms with Crippen LogP contribution in [0.4, 0.5) is 0 Å². The van der Waals surface area contributed by atoms with E-state index < -0.39 is 12.0 Å². The number of rotatable bonds is 3. The van der Waals surface area contributed by atoms with Crippen molar-refractivity contribution in [1.82, 2.24) is 4.90 Å². The maximum Gasteiger partial charge on any atom is 0.326 e. The van der Waals surface area contributed by atoms with Gasteiger partial charge < -0.3 is 10.0 Å². The standard InChI is InChI=1S/C14H17NO3S/c1-9(14(17)18)15(2)13(16)11-7-8-19-12-6-4-3-5-10(11)12/h3-6,9,11H,7-8H2,1-2H3,(H,17,18). The first kappa shape index (κ1) is 13.9. The van der Waals surface area contributed by atoms with E-state index in [0.717, 1.165) is 22.6 Å². The lowest BCUT2D eigenvalue weighted by molar-refractivity contribution is -0.148. The van der Waals surface area contributed by atoms with Gasteiger partial charge in [0.25, 0.3) is 0 Å². The van der Waals surface area contributed by atoms with Gasteiger partial charge in [-0.3, -0.25) is 4.79 Å². The van der Waals surface area contributed by atoms with E-state index in [0.29, 0.717) is 0 Å². The molecule has 1 aliphatic heterocycles. The van der Waals surface area contributed by atoms with Crippen LogP contribution in [0.3, 0.4) is 0 Å². The summed E-state index contributed by atoms with van der Waals surface area (Å²) in [5.41, 5.74) is 1.02. The maximum absolute atomic E-state index is 12.5. The molecule has 5 heteroatoms. The second-order valence-electron chi connectivity index (χ2n) is 4.69. The van der Waals surface area contributed by atoms with Crippen LogP contribution in [0.5, 0.6) is 0 Å². The van der Waals surface area contributed by atoms with Crippen LogP contribution in [0.1, 0.15) is 24.8 Å². The van der Waals surface area contributed by atoms with Crippen LogP contribution in [0.15, 0.2) is 29.2 Å². The van der Waals surface area contributed by atoms with Gasteiger partial charge in [0.2, 0.25) is 5.91 Å². The highest BCUT2D eigenvalue weighted by atomic mass is 32.2. The summed E-state index contributed by atoms with van der Waals surface area (Å²) in [5.74, 6) is -0.413. The average Bonchev–Trinajstić information content (AvgIpc) is 2.44. The van der Waals surface area contributed by atoms with E-state index in [1.165, 1.54) is 11.8 Å². The van der Waals surface area contributed by atoms with E-state index >= 15 is 0 Å². The minimum atomic E-state index is -0.977. The van der Waals surface area contributed by atoms with Crippen molar-refractivity contribution in [3.05, 3.63) is 29.8 Å². The first-order chi connectivity index (χ1) is 9.02. The fourth-order valence-electron chi connectivity index (χ4n) is 2.20. The molecule has 2 unspecified atom stereocenters. The normalized spacial score (nSPS) is 19.4. The smallest absolute Gasteiger partial charge is 0.326 e. The lowest BCUT2D eigenvalue weighted by Crippen LogP contribution is -2.43. The Bertz CT molecular complexity index is 503. The van der Waals surface area contributed by atoms with Crippen LogP contribution >= 0.6 is 11.8 Å². The second-order valence-corrected chi connectivity index (χ2v) is 5.83. The van der Waals surface area contributed by atoms with Gasteiger partial charge in [-0.25, -0.2) is 4.79 Å². The zero-order valence-corrected chi connectivity index (χ0v) is 11.8. The SMILES string of the molecule is CC(C(=O)O)N(C)C(=O)C1CCSc2ccccc21. The van der Waals surface area contributed by atoms with Gasteiger partial charge in [-0.1, -0.05) is 18.2 Å². The Hall–Kier alpha value is -1.49. The van der Waals surface area contributed by atoms with Crippen LogP contribution in [0.2, 0.25) is 0 Å². The molecule has 0 fully saturated rings. The van der Waals surface area contributed by atoms with Crippen molar-refractivity contribution in [2.24, 2.45) is 0 Å². The number of carboxylic acids is 1. The second kappa shape index (κ2) is 5.65. The molecule has 1 aromatic rings. The van der Waals surface area contributed by atoms with E-state index in [9.17, 15) is 9.59 Å². The number of likely N-dealkylation sites (N-methyl/N-ethyl adjacent to an activating group) is 1. The molecule has 0 radical (unpaired) electrons. The van der Waals surface area contributed by atoms with Gasteiger partial charge in [-0.05, 0) is 30.7 Å². The van der Waals surface area contributed by atoms with Gasteiger partial charge in [-0.15, -0.1) is 11.8 Å². The van der Waals surface area contributed by atoms with E-state index in [1.807, 2.05) is 24.3 Å². The number of hydrogen-bond acceptors (Lipinski definition) is 3. The Morgan fingerprint density at radius 3 is 2.79 bits per heavy atom. The summed E-state index contributed by atoms with van der Waals surface area (Å²) in [6.45, 7) is 1.53. The number of benzene rings is 1. The molecule has 0 spiro atoms. The Balaban J connectivity index is 2.24. The lowest BCUT2D eigenvalue weighted by Gasteiger charge is -2.30. The van der Waals surface area contributed by atoms with Gasteiger partial charge in [0, 0.05) is 11.9 Å². The number of nitrogens with zero attached hydrogens (tertiary/aromatic N) is 1. The number of fused-ring (bicyclic) bond motifs is 1. The summed E-state index contributed by atoms with van der Waals surface area (Å²) in [4.78, 5) is 25.9. The van der Waals surface area contributed by atoms with Crippen molar-refractivity contribution < 1.29 is 14.7 Å². The van der Waals surface area contributed by atoms with Gasteiger partial charge in [-0.2, -0.15) is 0 Å². The molecule has 0 aliphatic carbocycles. The molecule has 1 aromatic carbocycles. The molecule has 1 aliphatic rings. The summed E-state index contributed by atoms with van der Waals surface area (Å²) in [7, 11) is 1.56. The van der Waals surface area contributed by atoms with E-state index in [4.69, 9.17) is 5.11 Å². The third-order valence-corrected chi connectivity index (χ3v) is 4.67. The monoisotopic (exact) mass is 279 g/mol. The van der Waals surface area contributed by atoms with Crippen molar-refractivity contribution in [3.63, 3.8) is 0 Å². The molecule has 2 rings (SSSR count). The predicted octanol–water partition coefficient (Wildman–Crippen LogP) is 2.20. The lowest BCUT2D eigenvalue weighted by atomic mass is 9.94. The van der Waals surface area contributed by atoms with Crippen molar-refractivity contribution in [1.29, 1.82) is 0 Å². The van der Waals surface area contributed by atoms with E-state index in [2.05, 4.69) is 0 Å². The van der Waals surface area contributed by atoms with Gasteiger partial charge in [0.05, 0.1) is 5.92 Å². The topological polar surface area (TPSA) is 57.6 Å². The molecule has 0 aromatic heterocycles. The van der Waals surface area contributed by atoms with Crippen LogP contribution < -0.4 is 0 Å². The summed E-state index contributed by atoms with van der Waals surface area (Å²) >= 11 is 1.75. The van der Waals surface area contributed by atoms with Crippen LogP contribution in [-0.4, -0.2) is 40.7 Å². The third kappa shape index (κ3) is 2.76. The zero-order valence-electron chi connectivity index (χ0n) is 11.0. The number of aliphatic carboxylic acids is 1. The van der Waals surface area contributed by atoms with Crippen molar-refractivity contribution in [2.45, 2.75) is 30.2 Å². The van der Waals surface area contributed by atoms with Crippen molar-refractivity contribution in [2.75, 3.05) is 12.8 Å². The summed E-state index contributed by atoms with van der Waals surface area (Å²) in [6, 6.07) is 7.06. The molecule has 0 bridgehead atoms. The Morgan fingerprint density at radius 1 is 1.42 bits per heavy atom. The molecule has 0 saturated carbocycles. The molecule has 102 valence electrons. The van der Waals surface area contributed by atoms with Crippen molar-refractivity contribution >= 4 is 23.6 Å². The number of carbonyl (C=O) groups excluding carboxylic acids is 1. The highest BCUT2D eigenvalue weighted by molar-refractivity contribution is 7.99. The highest BCUT2D eigenvalue weighted by Crippen LogP contribution is 2.38. The van der Waals surface area contributed by atoms with Crippen LogP contribution in [-0.2, 0) is 9.59 Å². The first-order valence-electron chi connectivity index (χ1n) is 6.23. The minimum Gasteiger partial charge on any atom is -0.480 e. The largest absolute Gasteiger partial charge is 0.480 e. The van der Waals surface area contributed by atoms with Gasteiger partial charge in [0.1, 0.15) is 6.04 Å². The van der Waals surface area contributed by atoms with Crippen LogP contribution in [0, 0.1) is 0 Å². The zero-order chi connectivity index (χ0) is 14.0. The number of carbonyl (C=O) groups is 2. The highest BCUT2D eigenvalue weighted by Gasteiger charge is 2.32. The van der Waals surface area contributed by atoms with Gasteiger partial charge >= 0.3 is 5.97 Å². The number of amides is 1. The Kier molecular flexibility index (Phi) is 4.14. The molecule has 1 heterocycles. The third-order valence-electron chi connectivity index (χ3n) is 3.54. The van der Waals surface area contributed by atoms with Crippen molar-refractivity contribution in [3.8, 4) is 0 Å². The molecule has 1 N–H and O–H groups in total. The van der Waals surface area contributed by atoms with E-state index in [1.54, 1.807) is 18.8 Å². The van der Waals surface area contributed by atoms with Gasteiger partial charge in [0.15, 0.2) is 0 Å². The molecular weight excluding hydrogens is 262 g/mol. The summed E-state index contributed by atoms with van der Waals surface area (Å²) in [5, 5.41) is 9.00. The molecule has 19 heavy (non-hydrogen) atoms. The molecule has 0 saturated heterocycles. The Labute approximate surface area is 116 Å². The molecular formula is C14H17NO3S. The quantitative estimate of drug-likeness (QED) is 0.921. The minimum absolute atomic E-state index is 0.109. The average molecular weight is 279 g/mol. The predicted molar refractivity (Wildman–Crippen MR) is 74.4 cm³/mol. The number of hydrogen-bond donors (Lipinski definition) is 1. The number of carboxylic acid groups (broad SMARTS) is 1. The first-order valence-corrected chi connectivity index (χ1v) is 7.22. The summed E-state index contributed by atoms with van der Waals surface area (Å²) < 4.78 is 0. The maximum atomic E-state index is 12.5. The molecule has 1 amide bonds. The fraction of sp³-hybridized carbons (Fsp3) is 0.429. The number of thioether (sulfide) groups is 1. The molecule has 2 atom stereocenters. The van der Waals surface area contributed by atoms with E-state index in [-0.39, 0.29) is 11.8 Å². The molecule has 4 nitrogen and oxygen atoms in total. The Morgan fingerprint density at radius 2 is 2.11 bits per heavy atom.